The van der Waals surface area contributed by atoms with Crippen LogP contribution in [0.25, 0.3) is 0 Å². The molecule has 0 aromatic heterocycles. The fraction of sp³-hybridized carbons (Fsp3) is 0.917. The maximum absolute atomic E-state index is 12.3. The number of nitrogens with two attached hydrogens (primary N) is 1. The fourth-order valence-corrected chi connectivity index (χ4v) is 2.56. The van der Waals surface area contributed by atoms with Crippen molar-refractivity contribution >= 4 is 5.91 Å². The molecule has 98 valence electrons. The topological polar surface area (TPSA) is 64.8 Å². The third kappa shape index (κ3) is 3.18. The average Bonchev–Trinajstić information content (AvgIpc) is 2.38. The number of morpholine rings is 1. The van der Waals surface area contributed by atoms with Gasteiger partial charge in [-0.15, -0.1) is 0 Å². The highest BCUT2D eigenvalue weighted by molar-refractivity contribution is 5.79. The molecule has 0 spiro atoms. The lowest BCUT2D eigenvalue weighted by atomic mass is 9.98. The molecule has 0 radical (unpaired) electrons. The second-order valence-corrected chi connectivity index (χ2v) is 4.93. The van der Waals surface area contributed by atoms with Crippen molar-refractivity contribution in [3.05, 3.63) is 0 Å². The number of hydrogen-bond acceptors (Lipinski definition) is 4. The predicted octanol–water partition coefficient (Wildman–Crippen LogP) is -0.0124. The first-order valence-corrected chi connectivity index (χ1v) is 6.42. The average molecular weight is 242 g/mol. The number of nitrogens with zero attached hydrogens (tertiary/aromatic N) is 1. The maximum Gasteiger partial charge on any atom is 0.226 e. The summed E-state index contributed by atoms with van der Waals surface area (Å²) in [6.07, 6.45) is 1.76. The number of hydrogen-bond donors (Lipinski definition) is 1. The van der Waals surface area contributed by atoms with Crippen LogP contribution in [0.3, 0.4) is 0 Å². The third-order valence-electron chi connectivity index (χ3n) is 3.47. The Labute approximate surface area is 102 Å². The monoisotopic (exact) mass is 242 g/mol. The Balaban J connectivity index is 1.93. The molecule has 1 amide bonds. The Morgan fingerprint density at radius 1 is 1.35 bits per heavy atom. The molecule has 5 nitrogen and oxygen atoms in total. The van der Waals surface area contributed by atoms with Gasteiger partial charge in [-0.1, -0.05) is 0 Å². The Hall–Kier alpha value is -0.650. The Morgan fingerprint density at radius 2 is 2.06 bits per heavy atom. The van der Waals surface area contributed by atoms with Gasteiger partial charge in [0.15, 0.2) is 0 Å². The highest BCUT2D eigenvalue weighted by Crippen LogP contribution is 2.20. The van der Waals surface area contributed by atoms with E-state index in [0.717, 1.165) is 12.8 Å². The van der Waals surface area contributed by atoms with Gasteiger partial charge in [0.05, 0.1) is 12.2 Å². The van der Waals surface area contributed by atoms with Crippen LogP contribution in [-0.2, 0) is 14.3 Å². The highest BCUT2D eigenvalue weighted by atomic mass is 16.5. The molecule has 2 saturated heterocycles. The van der Waals surface area contributed by atoms with Gasteiger partial charge in [0, 0.05) is 38.8 Å². The molecule has 0 aromatic carbocycles. The molecule has 0 saturated carbocycles. The fourth-order valence-electron chi connectivity index (χ4n) is 2.56. The van der Waals surface area contributed by atoms with Crippen LogP contribution in [0.5, 0.6) is 0 Å². The van der Waals surface area contributed by atoms with E-state index in [9.17, 15) is 4.79 Å². The van der Waals surface area contributed by atoms with Crippen LogP contribution in [0.15, 0.2) is 0 Å². The van der Waals surface area contributed by atoms with Gasteiger partial charge in [-0.2, -0.15) is 0 Å². The van der Waals surface area contributed by atoms with Crippen LogP contribution in [0, 0.1) is 5.92 Å². The molecule has 2 aliphatic rings. The summed E-state index contributed by atoms with van der Waals surface area (Å²) < 4.78 is 10.9. The van der Waals surface area contributed by atoms with E-state index in [1.807, 2.05) is 11.8 Å². The van der Waals surface area contributed by atoms with E-state index in [4.69, 9.17) is 15.2 Å². The second kappa shape index (κ2) is 5.80. The minimum absolute atomic E-state index is 0.0115. The van der Waals surface area contributed by atoms with Crippen molar-refractivity contribution in [3.63, 3.8) is 0 Å². The van der Waals surface area contributed by atoms with Crippen LogP contribution in [0.4, 0.5) is 0 Å². The molecule has 2 unspecified atom stereocenters. The van der Waals surface area contributed by atoms with Crippen molar-refractivity contribution in [2.75, 3.05) is 32.8 Å². The zero-order valence-corrected chi connectivity index (χ0v) is 10.4. The van der Waals surface area contributed by atoms with E-state index >= 15 is 0 Å². The summed E-state index contributed by atoms with van der Waals surface area (Å²) in [5, 5.41) is 0. The third-order valence-corrected chi connectivity index (χ3v) is 3.47. The minimum atomic E-state index is -0.0115. The molecule has 2 atom stereocenters. The molecule has 2 heterocycles. The van der Waals surface area contributed by atoms with Gasteiger partial charge in [-0.05, 0) is 19.8 Å². The van der Waals surface area contributed by atoms with Gasteiger partial charge in [0.2, 0.25) is 5.91 Å². The van der Waals surface area contributed by atoms with Crippen molar-refractivity contribution in [1.29, 1.82) is 0 Å². The zero-order chi connectivity index (χ0) is 12.3. The normalized spacial score (nSPS) is 31.5. The molecule has 0 aliphatic carbocycles. The van der Waals surface area contributed by atoms with Crippen LogP contribution >= 0.6 is 0 Å². The lowest BCUT2D eigenvalue weighted by Crippen LogP contribution is -2.53. The summed E-state index contributed by atoms with van der Waals surface area (Å²) >= 11 is 0. The van der Waals surface area contributed by atoms with E-state index in [-0.39, 0.29) is 24.0 Å². The Morgan fingerprint density at radius 3 is 2.71 bits per heavy atom. The summed E-state index contributed by atoms with van der Waals surface area (Å²) in [4.78, 5) is 14.3. The van der Waals surface area contributed by atoms with Crippen LogP contribution in [-0.4, -0.2) is 55.9 Å². The lowest BCUT2D eigenvalue weighted by molar-refractivity contribution is -0.150. The minimum Gasteiger partial charge on any atom is -0.381 e. The summed E-state index contributed by atoms with van der Waals surface area (Å²) in [7, 11) is 0. The summed E-state index contributed by atoms with van der Waals surface area (Å²) in [5.74, 6) is 0.384. The van der Waals surface area contributed by atoms with E-state index in [1.54, 1.807) is 0 Å². The summed E-state index contributed by atoms with van der Waals surface area (Å²) in [5.41, 5.74) is 5.62. The highest BCUT2D eigenvalue weighted by Gasteiger charge is 2.32. The quantitative estimate of drug-likeness (QED) is 0.739. The van der Waals surface area contributed by atoms with Crippen LogP contribution < -0.4 is 5.73 Å². The van der Waals surface area contributed by atoms with Crippen LogP contribution in [0.2, 0.25) is 0 Å². The zero-order valence-electron chi connectivity index (χ0n) is 10.4. The molecular weight excluding hydrogens is 220 g/mol. The first kappa shape index (κ1) is 12.8. The smallest absolute Gasteiger partial charge is 0.226 e. The van der Waals surface area contributed by atoms with Gasteiger partial charge >= 0.3 is 0 Å². The standard InChI is InChI=1S/C12H22N2O3/c1-9-7-14(8-11(6-13)17-9)12(15)10-2-4-16-5-3-10/h9-11H,2-8,13H2,1H3. The molecule has 2 aliphatic heterocycles. The molecule has 0 bridgehead atoms. The number of amides is 1. The van der Waals surface area contributed by atoms with Crippen molar-refractivity contribution in [3.8, 4) is 0 Å². The summed E-state index contributed by atoms with van der Waals surface area (Å²) in [6.45, 7) is 5.20. The van der Waals surface area contributed by atoms with Gasteiger partial charge in [0.1, 0.15) is 0 Å². The lowest BCUT2D eigenvalue weighted by Gasteiger charge is -2.38. The number of carbonyl (C=O) groups is 1. The Kier molecular flexibility index (Phi) is 4.36. The molecule has 2 N–H and O–H groups in total. The molecule has 2 rings (SSSR count). The van der Waals surface area contributed by atoms with Gasteiger partial charge in [-0.3, -0.25) is 4.79 Å². The predicted molar refractivity (Wildman–Crippen MR) is 63.5 cm³/mol. The van der Waals surface area contributed by atoms with E-state index in [2.05, 4.69) is 0 Å². The van der Waals surface area contributed by atoms with Crippen molar-refractivity contribution in [2.45, 2.75) is 32.0 Å². The summed E-state index contributed by atoms with van der Waals surface area (Å²) in [6, 6.07) is 0. The molecule has 5 heteroatoms. The maximum atomic E-state index is 12.3. The first-order valence-electron chi connectivity index (χ1n) is 6.42. The van der Waals surface area contributed by atoms with Gasteiger partial charge in [0.25, 0.3) is 0 Å². The van der Waals surface area contributed by atoms with Crippen molar-refractivity contribution in [1.82, 2.24) is 4.90 Å². The molecule has 17 heavy (non-hydrogen) atoms. The van der Waals surface area contributed by atoms with E-state index < -0.39 is 0 Å². The molecule has 2 fully saturated rings. The van der Waals surface area contributed by atoms with E-state index in [0.29, 0.717) is 32.8 Å². The number of ether oxygens (including phenoxy) is 2. The molecular formula is C12H22N2O3. The number of rotatable bonds is 2. The number of carbonyl (C=O) groups excluding carboxylic acids is 1. The SMILES string of the molecule is CC1CN(C(=O)C2CCOCC2)CC(CN)O1. The Bertz CT molecular complexity index is 266. The van der Waals surface area contributed by atoms with Crippen LogP contribution in [0.1, 0.15) is 19.8 Å². The molecule has 0 aromatic rings. The van der Waals surface area contributed by atoms with Crippen molar-refractivity contribution < 1.29 is 14.3 Å². The van der Waals surface area contributed by atoms with E-state index in [1.165, 1.54) is 0 Å². The van der Waals surface area contributed by atoms with Crippen molar-refractivity contribution in [2.24, 2.45) is 11.7 Å². The van der Waals surface area contributed by atoms with Gasteiger partial charge in [-0.25, -0.2) is 0 Å². The second-order valence-electron chi connectivity index (χ2n) is 4.93. The largest absolute Gasteiger partial charge is 0.381 e. The van der Waals surface area contributed by atoms with Gasteiger partial charge < -0.3 is 20.1 Å². The first-order chi connectivity index (χ1) is 8.20.